The van der Waals surface area contributed by atoms with Crippen LogP contribution in [-0.4, -0.2) is 24.0 Å². The van der Waals surface area contributed by atoms with Crippen LogP contribution in [0.4, 0.5) is 0 Å². The Bertz CT molecular complexity index is 865. The van der Waals surface area contributed by atoms with Crippen LogP contribution in [0.25, 0.3) is 11.3 Å². The molecular weight excluding hydrogens is 342 g/mol. The Labute approximate surface area is 159 Å². The van der Waals surface area contributed by atoms with Crippen molar-refractivity contribution in [1.82, 2.24) is 4.68 Å². The molecule has 1 aliphatic rings. The summed E-state index contributed by atoms with van der Waals surface area (Å²) in [5.41, 5.74) is 4.37. The van der Waals surface area contributed by atoms with Crippen LogP contribution in [0.5, 0.6) is 5.75 Å². The second-order valence-electron chi connectivity index (χ2n) is 7.04. The Hall–Kier alpha value is -2.14. The number of hydrogen-bond donors (Lipinski definition) is 0. The molecule has 3 rings (SSSR count). The fourth-order valence-electron chi connectivity index (χ4n) is 3.09. The van der Waals surface area contributed by atoms with Gasteiger partial charge in [-0.1, -0.05) is 31.2 Å². The van der Waals surface area contributed by atoms with E-state index < -0.39 is 0 Å². The maximum atomic E-state index is 5.56. The van der Waals surface area contributed by atoms with Crippen molar-refractivity contribution in [3.63, 3.8) is 0 Å². The molecule has 4 nitrogen and oxygen atoms in total. The van der Waals surface area contributed by atoms with Crippen molar-refractivity contribution in [2.24, 2.45) is 16.0 Å². The molecule has 1 saturated carbocycles. The van der Waals surface area contributed by atoms with E-state index in [9.17, 15) is 0 Å². The molecule has 0 bridgehead atoms. The molecule has 2 aromatic rings. The molecule has 138 valence electrons. The smallest absolute Gasteiger partial charge is 0.206 e. The molecule has 0 aliphatic heterocycles. The predicted molar refractivity (Wildman–Crippen MR) is 110 cm³/mol. The van der Waals surface area contributed by atoms with Crippen molar-refractivity contribution >= 4 is 17.0 Å². The molecule has 1 aromatic heterocycles. The fourth-order valence-corrected chi connectivity index (χ4v) is 3.91. The first-order chi connectivity index (χ1) is 12.6. The first-order valence-corrected chi connectivity index (χ1v) is 10.0. The van der Waals surface area contributed by atoms with E-state index in [0.29, 0.717) is 6.54 Å². The van der Waals surface area contributed by atoms with Gasteiger partial charge in [0.05, 0.1) is 19.3 Å². The SMILES string of the molecule is C=C(C)CN=c1scc(-c2ccccc2OC)n1N=C1CCC(C)CC1. The zero-order valence-electron chi connectivity index (χ0n) is 15.9. The van der Waals surface area contributed by atoms with Crippen LogP contribution in [0.15, 0.2) is 51.9 Å². The highest BCUT2D eigenvalue weighted by molar-refractivity contribution is 7.07. The van der Waals surface area contributed by atoms with E-state index in [1.807, 2.05) is 29.8 Å². The molecule has 0 saturated heterocycles. The Morgan fingerprint density at radius 3 is 2.73 bits per heavy atom. The third-order valence-electron chi connectivity index (χ3n) is 4.65. The lowest BCUT2D eigenvalue weighted by atomic mass is 9.90. The van der Waals surface area contributed by atoms with Crippen LogP contribution < -0.4 is 9.54 Å². The van der Waals surface area contributed by atoms with Gasteiger partial charge in [0, 0.05) is 16.7 Å². The van der Waals surface area contributed by atoms with Gasteiger partial charge in [0.15, 0.2) is 0 Å². The standard InChI is InChI=1S/C21H27N3OS/c1-15(2)13-22-21-24(23-17-11-9-16(3)10-12-17)19(14-26-21)18-7-5-6-8-20(18)25-4/h5-8,14,16H,1,9-13H2,2-4H3. The molecule has 0 N–H and O–H groups in total. The molecule has 0 radical (unpaired) electrons. The van der Waals surface area contributed by atoms with Gasteiger partial charge < -0.3 is 4.74 Å². The summed E-state index contributed by atoms with van der Waals surface area (Å²) in [5.74, 6) is 1.64. The third-order valence-corrected chi connectivity index (χ3v) is 5.50. The van der Waals surface area contributed by atoms with E-state index in [-0.39, 0.29) is 0 Å². The normalized spacial score (nSPS) is 18.0. The quantitative estimate of drug-likeness (QED) is 0.675. The highest BCUT2D eigenvalue weighted by Gasteiger charge is 2.16. The molecule has 0 atom stereocenters. The first kappa shape index (κ1) is 18.6. The predicted octanol–water partition coefficient (Wildman–Crippen LogP) is 5.12. The van der Waals surface area contributed by atoms with E-state index in [0.717, 1.165) is 46.1 Å². The summed E-state index contributed by atoms with van der Waals surface area (Å²) in [4.78, 5) is 5.62. The van der Waals surface area contributed by atoms with Gasteiger partial charge in [-0.2, -0.15) is 5.10 Å². The van der Waals surface area contributed by atoms with Crippen LogP contribution in [0, 0.1) is 5.92 Å². The van der Waals surface area contributed by atoms with Crippen LogP contribution >= 0.6 is 11.3 Å². The van der Waals surface area contributed by atoms with Crippen LogP contribution in [0.3, 0.4) is 0 Å². The number of thiazole rings is 1. The summed E-state index contributed by atoms with van der Waals surface area (Å²) in [6.07, 6.45) is 4.56. The lowest BCUT2D eigenvalue weighted by Crippen LogP contribution is -2.18. The van der Waals surface area contributed by atoms with E-state index in [1.54, 1.807) is 18.4 Å². The highest BCUT2D eigenvalue weighted by Crippen LogP contribution is 2.30. The lowest BCUT2D eigenvalue weighted by Gasteiger charge is -2.19. The summed E-state index contributed by atoms with van der Waals surface area (Å²) in [6, 6.07) is 8.07. The zero-order chi connectivity index (χ0) is 18.5. The van der Waals surface area contributed by atoms with Crippen LogP contribution in [0.1, 0.15) is 39.5 Å². The maximum absolute atomic E-state index is 5.56. The molecule has 1 fully saturated rings. The van der Waals surface area contributed by atoms with Crippen molar-refractivity contribution in [1.29, 1.82) is 0 Å². The van der Waals surface area contributed by atoms with E-state index in [4.69, 9.17) is 14.8 Å². The van der Waals surface area contributed by atoms with Gasteiger partial charge in [0.2, 0.25) is 4.80 Å². The van der Waals surface area contributed by atoms with Crippen molar-refractivity contribution in [3.05, 3.63) is 46.6 Å². The minimum atomic E-state index is 0.619. The van der Waals surface area contributed by atoms with E-state index >= 15 is 0 Å². The van der Waals surface area contributed by atoms with Crippen LogP contribution in [-0.2, 0) is 0 Å². The average Bonchev–Trinajstić information content (AvgIpc) is 3.04. The largest absolute Gasteiger partial charge is 0.496 e. The molecule has 1 aliphatic carbocycles. The molecule has 1 aromatic carbocycles. The highest BCUT2D eigenvalue weighted by atomic mass is 32.1. The molecular formula is C21H27N3OS. The van der Waals surface area contributed by atoms with Gasteiger partial charge >= 0.3 is 0 Å². The van der Waals surface area contributed by atoms with Crippen LogP contribution in [0.2, 0.25) is 0 Å². The molecule has 1 heterocycles. The number of rotatable bonds is 5. The summed E-state index contributed by atoms with van der Waals surface area (Å²) < 4.78 is 7.56. The number of aromatic nitrogens is 1. The molecule has 5 heteroatoms. The summed E-state index contributed by atoms with van der Waals surface area (Å²) in [7, 11) is 1.70. The Balaban J connectivity index is 2.09. The minimum Gasteiger partial charge on any atom is -0.496 e. The van der Waals surface area contributed by atoms with Crippen molar-refractivity contribution in [2.75, 3.05) is 13.7 Å². The molecule has 26 heavy (non-hydrogen) atoms. The molecule has 0 spiro atoms. The molecule has 0 unspecified atom stereocenters. The van der Waals surface area contributed by atoms with Gasteiger partial charge in [-0.15, -0.1) is 11.3 Å². The average molecular weight is 370 g/mol. The summed E-state index contributed by atoms with van der Waals surface area (Å²) in [5, 5.41) is 7.12. The monoisotopic (exact) mass is 369 g/mol. The Morgan fingerprint density at radius 1 is 1.31 bits per heavy atom. The van der Waals surface area contributed by atoms with Gasteiger partial charge in [-0.25, -0.2) is 4.68 Å². The van der Waals surface area contributed by atoms with Gasteiger partial charge in [0.25, 0.3) is 0 Å². The first-order valence-electron chi connectivity index (χ1n) is 9.14. The number of nitrogens with zero attached hydrogens (tertiary/aromatic N) is 3. The zero-order valence-corrected chi connectivity index (χ0v) is 16.7. The summed E-state index contributed by atoms with van der Waals surface area (Å²) >= 11 is 1.61. The number of hydrogen-bond acceptors (Lipinski definition) is 4. The van der Waals surface area contributed by atoms with Gasteiger partial charge in [-0.05, 0) is 50.7 Å². The second kappa shape index (κ2) is 8.49. The topological polar surface area (TPSA) is 38.9 Å². The van der Waals surface area contributed by atoms with Crippen molar-refractivity contribution in [3.8, 4) is 17.0 Å². The number of para-hydroxylation sites is 1. The Kier molecular flexibility index (Phi) is 6.09. The maximum Gasteiger partial charge on any atom is 0.206 e. The third kappa shape index (κ3) is 4.33. The van der Waals surface area contributed by atoms with Crippen molar-refractivity contribution in [2.45, 2.75) is 39.5 Å². The minimum absolute atomic E-state index is 0.619. The van der Waals surface area contributed by atoms with Crippen molar-refractivity contribution < 1.29 is 4.74 Å². The Morgan fingerprint density at radius 2 is 2.04 bits per heavy atom. The number of methoxy groups -OCH3 is 1. The number of benzene rings is 1. The summed E-state index contributed by atoms with van der Waals surface area (Å²) in [6.45, 7) is 8.90. The lowest BCUT2D eigenvalue weighted by molar-refractivity contribution is 0.416. The number of ether oxygens (including phenoxy) is 1. The second-order valence-corrected chi connectivity index (χ2v) is 7.87. The molecule has 0 amide bonds. The van der Waals surface area contributed by atoms with E-state index in [1.165, 1.54) is 18.6 Å². The van der Waals surface area contributed by atoms with Gasteiger partial charge in [0.1, 0.15) is 5.75 Å². The fraction of sp³-hybridized carbons (Fsp3) is 0.429. The van der Waals surface area contributed by atoms with E-state index in [2.05, 4.69) is 24.9 Å². The van der Waals surface area contributed by atoms with Gasteiger partial charge in [-0.3, -0.25) is 4.99 Å².